The Hall–Kier alpha value is -10.7. The molecule has 0 aliphatic carbocycles. The lowest BCUT2D eigenvalue weighted by Gasteiger charge is -2.13. The van der Waals surface area contributed by atoms with E-state index in [-0.39, 0.29) is 47.1 Å². The van der Waals surface area contributed by atoms with Gasteiger partial charge in [-0.25, -0.2) is 19.0 Å². The first-order chi connectivity index (χ1) is 42.2. The summed E-state index contributed by atoms with van der Waals surface area (Å²) in [6.45, 7) is 2.99. The highest BCUT2D eigenvalue weighted by Gasteiger charge is 2.21. The first kappa shape index (κ1) is 57.1. The Labute approximate surface area is 491 Å². The molecule has 0 radical (unpaired) electrons. The molecule has 0 saturated carbocycles. The summed E-state index contributed by atoms with van der Waals surface area (Å²) in [7, 11) is 2.64. The van der Waals surface area contributed by atoms with Crippen LogP contribution in [0.1, 0.15) is 31.8 Å². The zero-order valence-electron chi connectivity index (χ0n) is 46.8. The fourth-order valence-corrected chi connectivity index (χ4v) is 9.30. The van der Waals surface area contributed by atoms with Gasteiger partial charge in [0, 0.05) is 22.3 Å². The summed E-state index contributed by atoms with van der Waals surface area (Å²) in [5, 5.41) is 18.2. The molecule has 20 nitrogen and oxygen atoms in total. The maximum Gasteiger partial charge on any atom is 0.337 e. The molecule has 0 unspecified atom stereocenters. The molecule has 11 rings (SSSR count). The first-order valence-electron chi connectivity index (χ1n) is 27.4. The van der Waals surface area contributed by atoms with Crippen molar-refractivity contribution >= 4 is 33.9 Å². The predicted octanol–water partition coefficient (Wildman–Crippen LogP) is 10.7. The molecule has 0 aliphatic rings. The average Bonchev–Trinajstić information content (AvgIpc) is 3.05. The number of methoxy groups -OCH3 is 2. The molecule has 4 aromatic heterocycles. The SMILES string of the molecule is COC(=O)c1cccc(COc2c(-c3ccc(OCCOCCn4cc(-c5cccc(-c6cn(CCOCCOc7ccc(-c8oc9ccccc9c(=O)c8OCc8cccc(C(=O)OC)c8)cc7)nn6)c5)nn4)cc3)oc3ccccc3c2=O)c1. The third-order valence-corrected chi connectivity index (χ3v) is 13.7. The lowest BCUT2D eigenvalue weighted by atomic mass is 10.1. The summed E-state index contributed by atoms with van der Waals surface area (Å²) in [4.78, 5) is 51.6. The second-order valence-electron chi connectivity index (χ2n) is 19.4. The highest BCUT2D eigenvalue weighted by atomic mass is 16.5. The van der Waals surface area contributed by atoms with E-state index in [1.165, 1.54) is 14.2 Å². The van der Waals surface area contributed by atoms with Crippen LogP contribution in [0, 0.1) is 0 Å². The molecule has 7 aromatic carbocycles. The van der Waals surface area contributed by atoms with Crippen LogP contribution < -0.4 is 29.8 Å². The molecule has 0 amide bonds. The Morgan fingerprint density at radius 1 is 0.442 bits per heavy atom. The summed E-state index contributed by atoms with van der Waals surface area (Å²) in [6.07, 6.45) is 3.73. The Balaban J connectivity index is 0.608. The minimum Gasteiger partial charge on any atom is -0.491 e. The number of carbonyl (C=O) groups excluding carboxylic acids is 2. The van der Waals surface area contributed by atoms with E-state index < -0.39 is 11.9 Å². The molecule has 0 saturated heterocycles. The Morgan fingerprint density at radius 2 is 0.872 bits per heavy atom. The molecule has 11 aromatic rings. The number of aromatic nitrogens is 6. The van der Waals surface area contributed by atoms with Gasteiger partial charge in [0.2, 0.25) is 22.4 Å². The lowest BCUT2D eigenvalue weighted by Crippen LogP contribution is -2.12. The maximum atomic E-state index is 13.7. The monoisotopic (exact) mass is 1160 g/mol. The number of esters is 2. The summed E-state index contributed by atoms with van der Waals surface area (Å²) in [6, 6.07) is 49.8. The van der Waals surface area contributed by atoms with E-state index in [9.17, 15) is 19.2 Å². The molecule has 434 valence electrons. The van der Waals surface area contributed by atoms with Gasteiger partial charge in [0.05, 0.1) is 88.0 Å². The highest BCUT2D eigenvalue weighted by molar-refractivity contribution is 5.90. The number of fused-ring (bicyclic) bond motifs is 2. The van der Waals surface area contributed by atoms with Crippen molar-refractivity contribution in [2.45, 2.75) is 26.3 Å². The third kappa shape index (κ3) is 13.7. The van der Waals surface area contributed by atoms with Crippen molar-refractivity contribution in [3.8, 4) is 68.2 Å². The largest absolute Gasteiger partial charge is 0.491 e. The highest BCUT2D eigenvalue weighted by Crippen LogP contribution is 2.35. The van der Waals surface area contributed by atoms with Crippen LogP contribution in [-0.4, -0.2) is 95.8 Å². The Kier molecular flexibility index (Phi) is 18.0. The molecule has 0 bridgehead atoms. The van der Waals surface area contributed by atoms with Gasteiger partial charge in [0.1, 0.15) is 60.5 Å². The van der Waals surface area contributed by atoms with Crippen LogP contribution in [0.25, 0.3) is 67.1 Å². The van der Waals surface area contributed by atoms with E-state index in [0.717, 1.165) is 11.1 Å². The quantitative estimate of drug-likeness (QED) is 0.0362. The zero-order valence-corrected chi connectivity index (χ0v) is 46.8. The Bertz CT molecular complexity index is 4020. The second kappa shape index (κ2) is 27.1. The lowest BCUT2D eigenvalue weighted by molar-refractivity contribution is 0.0591. The van der Waals surface area contributed by atoms with Gasteiger partial charge in [0.25, 0.3) is 0 Å². The van der Waals surface area contributed by atoms with Crippen LogP contribution in [0.15, 0.2) is 201 Å². The van der Waals surface area contributed by atoms with E-state index in [1.54, 1.807) is 155 Å². The van der Waals surface area contributed by atoms with Crippen molar-refractivity contribution in [3.05, 3.63) is 225 Å². The van der Waals surface area contributed by atoms with Gasteiger partial charge in [-0.1, -0.05) is 77.2 Å². The molecule has 0 fully saturated rings. The van der Waals surface area contributed by atoms with Crippen LogP contribution in [-0.2, 0) is 45.3 Å². The molecular weight excluding hydrogens is 1100 g/mol. The van der Waals surface area contributed by atoms with Crippen LogP contribution in [0.5, 0.6) is 23.0 Å². The number of para-hydroxylation sites is 2. The van der Waals surface area contributed by atoms with Gasteiger partial charge in [-0.05, 0) is 114 Å². The van der Waals surface area contributed by atoms with Gasteiger partial charge in [-0.3, -0.25) is 9.59 Å². The average molecular weight is 1160 g/mol. The fourth-order valence-electron chi connectivity index (χ4n) is 9.30. The number of ether oxygens (including phenoxy) is 8. The molecule has 0 atom stereocenters. The summed E-state index contributed by atoms with van der Waals surface area (Å²) < 4.78 is 61.5. The van der Waals surface area contributed by atoms with Crippen molar-refractivity contribution in [3.63, 3.8) is 0 Å². The number of hydrogen-bond acceptors (Lipinski definition) is 18. The van der Waals surface area contributed by atoms with Gasteiger partial charge in [0.15, 0.2) is 11.5 Å². The van der Waals surface area contributed by atoms with E-state index in [1.807, 2.05) is 36.7 Å². The molecule has 4 heterocycles. The van der Waals surface area contributed by atoms with Crippen molar-refractivity contribution in [1.29, 1.82) is 0 Å². The van der Waals surface area contributed by atoms with Crippen molar-refractivity contribution < 1.29 is 56.3 Å². The molecule has 0 spiro atoms. The number of carbonyl (C=O) groups is 2. The van der Waals surface area contributed by atoms with Crippen molar-refractivity contribution in [2.75, 3.05) is 53.9 Å². The maximum absolute atomic E-state index is 13.7. The number of benzene rings is 7. The molecule has 86 heavy (non-hydrogen) atoms. The first-order valence-corrected chi connectivity index (χ1v) is 27.4. The van der Waals surface area contributed by atoms with E-state index in [4.69, 9.17) is 46.7 Å². The minimum absolute atomic E-state index is 0.0183. The van der Waals surface area contributed by atoms with Crippen LogP contribution in [0.4, 0.5) is 0 Å². The summed E-state index contributed by atoms with van der Waals surface area (Å²) in [5.74, 6) is 0.893. The Morgan fingerprint density at radius 3 is 1.31 bits per heavy atom. The van der Waals surface area contributed by atoms with Gasteiger partial charge >= 0.3 is 11.9 Å². The molecule has 0 aliphatic heterocycles. The minimum atomic E-state index is -0.471. The van der Waals surface area contributed by atoms with Gasteiger partial charge in [-0.15, -0.1) is 10.2 Å². The van der Waals surface area contributed by atoms with Crippen LogP contribution >= 0.6 is 0 Å². The smallest absolute Gasteiger partial charge is 0.337 e. The van der Waals surface area contributed by atoms with Crippen LogP contribution in [0.3, 0.4) is 0 Å². The van der Waals surface area contributed by atoms with Gasteiger partial charge < -0.3 is 46.7 Å². The van der Waals surface area contributed by atoms with E-state index >= 15 is 0 Å². The van der Waals surface area contributed by atoms with Crippen LogP contribution in [0.2, 0.25) is 0 Å². The zero-order chi connectivity index (χ0) is 59.2. The van der Waals surface area contributed by atoms with E-state index in [2.05, 4.69) is 20.6 Å². The number of hydrogen-bond donors (Lipinski definition) is 0. The number of rotatable bonds is 26. The van der Waals surface area contributed by atoms with E-state index in [0.29, 0.717) is 131 Å². The summed E-state index contributed by atoms with van der Waals surface area (Å²) in [5.41, 5.74) is 6.66. The normalized spacial score (nSPS) is 11.2. The number of nitrogens with zero attached hydrogens (tertiary/aromatic N) is 6. The van der Waals surface area contributed by atoms with Crippen molar-refractivity contribution in [1.82, 2.24) is 30.0 Å². The summed E-state index contributed by atoms with van der Waals surface area (Å²) >= 11 is 0. The molecular formula is C66H56N6O14. The molecule has 20 heteroatoms. The van der Waals surface area contributed by atoms with Gasteiger partial charge in [-0.2, -0.15) is 0 Å². The topological polar surface area (TPSA) is 230 Å². The third-order valence-electron chi connectivity index (χ3n) is 13.7. The second-order valence-corrected chi connectivity index (χ2v) is 19.4. The predicted molar refractivity (Wildman–Crippen MR) is 317 cm³/mol. The standard InChI is InChI=1S/C66H56N6O14/c1-77-65(75)49-14-7-10-43(36-49)41-83-63-59(73)53-16-3-5-18-57(53)85-61(63)45-20-24-51(25-21-45)81-34-32-79-30-28-71-39-55(67-69-71)47-12-9-13-48(38-47)56-40-72(70-68-56)29-31-80-33-35-82-52-26-22-46(23-27-52)62-64(60(74)54-17-4-6-19-58(54)86-62)84-42-44-11-8-15-50(37-44)66(76)78-2/h3-27,36-40H,28-35,41-42H2,1-2H3. The van der Waals surface area contributed by atoms with Crippen molar-refractivity contribution in [2.24, 2.45) is 0 Å². The molecule has 0 N–H and O–H groups in total. The fraction of sp³-hybridized carbons (Fsp3) is 0.182.